The molecule has 2 aromatic carbocycles. The van der Waals surface area contributed by atoms with Crippen molar-refractivity contribution in [2.24, 2.45) is 11.8 Å². The number of hydrogen-bond donors (Lipinski definition) is 0. The topological polar surface area (TPSA) is 0 Å². The van der Waals surface area contributed by atoms with Gasteiger partial charge in [-0.2, -0.15) is 0 Å². The van der Waals surface area contributed by atoms with Crippen molar-refractivity contribution in [3.8, 4) is 11.1 Å². The Bertz CT molecular complexity index is 778. The molecule has 0 bridgehead atoms. The van der Waals surface area contributed by atoms with Crippen LogP contribution in [0.4, 0.5) is 0 Å². The molecule has 166 valence electrons. The van der Waals surface area contributed by atoms with Gasteiger partial charge >= 0.3 is 0 Å². The van der Waals surface area contributed by atoms with E-state index in [0.717, 1.165) is 17.3 Å². The molecule has 0 aliphatic heterocycles. The lowest BCUT2D eigenvalue weighted by atomic mass is 9.64. The maximum Gasteiger partial charge on any atom is 0.113 e. The van der Waals surface area contributed by atoms with Crippen LogP contribution in [0.1, 0.15) is 109 Å². The highest BCUT2D eigenvalue weighted by atomic mass is 14.5. The van der Waals surface area contributed by atoms with E-state index in [1.807, 2.05) is 0 Å². The number of unbranched alkanes of at least 4 members (excludes halogenated alkanes) is 2. The third kappa shape index (κ3) is 5.13. The normalized spacial score (nSPS) is 19.1. The molecule has 1 heteroatoms. The van der Waals surface area contributed by atoms with E-state index in [1.165, 1.54) is 86.5 Å². The van der Waals surface area contributed by atoms with E-state index < -0.39 is 0 Å². The quantitative estimate of drug-likeness (QED) is 0.307. The monoisotopic (exact) mass is 414 g/mol. The van der Waals surface area contributed by atoms with Gasteiger partial charge in [-0.3, -0.25) is 0 Å². The van der Waals surface area contributed by atoms with Crippen LogP contribution in [-0.4, -0.2) is 7.85 Å². The average molecular weight is 414 g/mol. The van der Waals surface area contributed by atoms with Crippen molar-refractivity contribution in [1.29, 1.82) is 0 Å². The van der Waals surface area contributed by atoms with Gasteiger partial charge in [0, 0.05) is 5.41 Å². The van der Waals surface area contributed by atoms with Crippen LogP contribution in [0.2, 0.25) is 0 Å². The van der Waals surface area contributed by atoms with Gasteiger partial charge in [-0.25, -0.2) is 0 Å². The molecule has 0 aromatic heterocycles. The molecule has 3 rings (SSSR count). The molecule has 0 spiro atoms. The number of rotatable bonds is 12. The van der Waals surface area contributed by atoms with Crippen molar-refractivity contribution in [3.05, 3.63) is 53.1 Å². The van der Waals surface area contributed by atoms with E-state index in [0.29, 0.717) is 0 Å². The minimum Gasteiger partial charge on any atom is -0.0963 e. The first-order valence-electron chi connectivity index (χ1n) is 13.0. The van der Waals surface area contributed by atoms with Gasteiger partial charge in [-0.1, -0.05) is 126 Å². The third-order valence-corrected chi connectivity index (χ3v) is 7.90. The molecule has 2 aromatic rings. The number of hydrogen-bond acceptors (Lipinski definition) is 0. The van der Waals surface area contributed by atoms with Crippen LogP contribution in [0, 0.1) is 18.8 Å². The molecule has 0 saturated heterocycles. The van der Waals surface area contributed by atoms with Crippen molar-refractivity contribution < 1.29 is 0 Å². The molecule has 31 heavy (non-hydrogen) atoms. The Labute approximate surface area is 193 Å². The predicted molar refractivity (Wildman–Crippen MR) is 139 cm³/mol. The largest absolute Gasteiger partial charge is 0.113 e. The number of aryl methyl sites for hydroxylation is 1. The molecule has 1 aliphatic carbocycles. The zero-order valence-corrected chi connectivity index (χ0v) is 20.8. The van der Waals surface area contributed by atoms with Crippen LogP contribution < -0.4 is 5.46 Å². The van der Waals surface area contributed by atoms with E-state index in [2.05, 4.69) is 71.0 Å². The second-order valence-electron chi connectivity index (χ2n) is 10.2. The standard InChI is InChI=1S/C30H43B/c1-6-10-12-23(8-3)20-30(21-24(9-4)13-11-7-2)28-18-22(5)14-16-26(28)27-17-15-25(31)19-29(27)30/h14-19,23-24H,6-13,20-21H2,1-5H3. The Hall–Kier alpha value is -1.50. The van der Waals surface area contributed by atoms with Crippen molar-refractivity contribution in [2.75, 3.05) is 0 Å². The van der Waals surface area contributed by atoms with Crippen LogP contribution >= 0.6 is 0 Å². The van der Waals surface area contributed by atoms with Crippen LogP contribution in [0.25, 0.3) is 11.1 Å². The van der Waals surface area contributed by atoms with Gasteiger partial charge in [0.1, 0.15) is 7.85 Å². The van der Waals surface area contributed by atoms with Gasteiger partial charge in [0.2, 0.25) is 0 Å². The van der Waals surface area contributed by atoms with Gasteiger partial charge < -0.3 is 0 Å². The second-order valence-corrected chi connectivity index (χ2v) is 10.2. The van der Waals surface area contributed by atoms with Crippen molar-refractivity contribution in [1.82, 2.24) is 0 Å². The molecular weight excluding hydrogens is 371 g/mol. The summed E-state index contributed by atoms with van der Waals surface area (Å²) in [5.41, 5.74) is 8.38. The minimum atomic E-state index is 0.106. The Morgan fingerprint density at radius 2 is 1.26 bits per heavy atom. The zero-order chi connectivity index (χ0) is 22.4. The van der Waals surface area contributed by atoms with Crippen molar-refractivity contribution in [3.63, 3.8) is 0 Å². The molecular formula is C30H43B. The molecule has 0 saturated carbocycles. The van der Waals surface area contributed by atoms with E-state index >= 15 is 0 Å². The predicted octanol–water partition coefficient (Wildman–Crippen LogP) is 8.27. The first kappa shape index (κ1) is 24.2. The average Bonchev–Trinajstić information content (AvgIpc) is 3.02. The fourth-order valence-corrected chi connectivity index (χ4v) is 6.02. The Morgan fingerprint density at radius 3 is 1.77 bits per heavy atom. The first-order valence-corrected chi connectivity index (χ1v) is 13.0. The summed E-state index contributed by atoms with van der Waals surface area (Å²) in [6.45, 7) is 11.7. The lowest BCUT2D eigenvalue weighted by molar-refractivity contribution is 0.266. The highest BCUT2D eigenvalue weighted by Crippen LogP contribution is 2.56. The van der Waals surface area contributed by atoms with E-state index in [4.69, 9.17) is 7.85 Å². The summed E-state index contributed by atoms with van der Waals surface area (Å²) in [5.74, 6) is 1.54. The Morgan fingerprint density at radius 1 is 0.742 bits per heavy atom. The number of fused-ring (bicyclic) bond motifs is 3. The summed E-state index contributed by atoms with van der Waals surface area (Å²) in [5, 5.41) is 0. The van der Waals surface area contributed by atoms with Gasteiger partial charge in [0.05, 0.1) is 0 Å². The van der Waals surface area contributed by atoms with Crippen LogP contribution in [-0.2, 0) is 5.41 Å². The zero-order valence-electron chi connectivity index (χ0n) is 20.8. The fourth-order valence-electron chi connectivity index (χ4n) is 6.02. The summed E-state index contributed by atoms with van der Waals surface area (Å²) in [4.78, 5) is 0. The maximum absolute atomic E-state index is 6.40. The van der Waals surface area contributed by atoms with E-state index in [-0.39, 0.29) is 5.41 Å². The summed E-state index contributed by atoms with van der Waals surface area (Å²) >= 11 is 0. The van der Waals surface area contributed by atoms with Crippen LogP contribution in [0.3, 0.4) is 0 Å². The summed E-state index contributed by atoms with van der Waals surface area (Å²) in [7, 11) is 6.40. The highest BCUT2D eigenvalue weighted by Gasteiger charge is 2.45. The van der Waals surface area contributed by atoms with E-state index in [1.54, 1.807) is 5.56 Å². The van der Waals surface area contributed by atoms with Crippen LogP contribution in [0.15, 0.2) is 36.4 Å². The van der Waals surface area contributed by atoms with E-state index in [9.17, 15) is 0 Å². The summed E-state index contributed by atoms with van der Waals surface area (Å²) < 4.78 is 0. The SMILES string of the molecule is [B]c1ccc2c(c1)C(CC(CC)CCCC)(CC(CC)CCCC)c1cc(C)ccc1-2. The molecule has 0 N–H and O–H groups in total. The number of benzene rings is 2. The molecule has 0 fully saturated rings. The fraction of sp³-hybridized carbons (Fsp3) is 0.600. The maximum atomic E-state index is 6.40. The summed E-state index contributed by atoms with van der Waals surface area (Å²) in [6.07, 6.45) is 13.0. The lowest BCUT2D eigenvalue weighted by Crippen LogP contribution is -2.32. The third-order valence-electron chi connectivity index (χ3n) is 7.90. The smallest absolute Gasteiger partial charge is 0.0963 e. The van der Waals surface area contributed by atoms with Crippen LogP contribution in [0.5, 0.6) is 0 Å². The highest BCUT2D eigenvalue weighted by molar-refractivity contribution is 6.32. The first-order chi connectivity index (χ1) is 15.0. The molecule has 0 heterocycles. The van der Waals surface area contributed by atoms with Gasteiger partial charge in [0.25, 0.3) is 0 Å². The lowest BCUT2D eigenvalue weighted by Gasteiger charge is -2.39. The molecule has 2 atom stereocenters. The summed E-state index contributed by atoms with van der Waals surface area (Å²) in [6, 6.07) is 13.9. The Balaban J connectivity index is 2.16. The van der Waals surface area contributed by atoms with Gasteiger partial charge in [0.15, 0.2) is 0 Å². The van der Waals surface area contributed by atoms with Gasteiger partial charge in [-0.05, 0) is 53.9 Å². The molecule has 0 amide bonds. The molecule has 1 aliphatic rings. The minimum absolute atomic E-state index is 0.106. The molecule has 0 nitrogen and oxygen atoms in total. The molecule has 2 unspecified atom stereocenters. The Kier molecular flexibility index (Phi) is 8.48. The van der Waals surface area contributed by atoms with Crippen molar-refractivity contribution in [2.45, 2.75) is 104 Å². The van der Waals surface area contributed by atoms with Crippen molar-refractivity contribution >= 4 is 13.3 Å². The molecule has 2 radical (unpaired) electrons. The van der Waals surface area contributed by atoms with Gasteiger partial charge in [-0.15, -0.1) is 0 Å². The second kappa shape index (κ2) is 10.9.